The number of hydrogen-bond donors (Lipinski definition) is 4. The molecule has 24 heavy (non-hydrogen) atoms. The van der Waals surface area contributed by atoms with Gasteiger partial charge in [-0.25, -0.2) is 20.4 Å². The van der Waals surface area contributed by atoms with Gasteiger partial charge in [-0.2, -0.15) is 10.2 Å². The Morgan fingerprint density at radius 3 is 1.29 bits per heavy atom. The van der Waals surface area contributed by atoms with Gasteiger partial charge in [0.2, 0.25) is 0 Å². The molecule has 0 fully saturated rings. The van der Waals surface area contributed by atoms with Crippen molar-refractivity contribution < 1.29 is 9.59 Å². The van der Waals surface area contributed by atoms with Gasteiger partial charge in [0.25, 0.3) is 0 Å². The van der Waals surface area contributed by atoms with Crippen LogP contribution in [0.3, 0.4) is 0 Å². The van der Waals surface area contributed by atoms with Crippen LogP contribution in [0.1, 0.15) is 11.1 Å². The summed E-state index contributed by atoms with van der Waals surface area (Å²) in [5, 5.41) is 8.03. The molecule has 0 aromatic heterocycles. The third kappa shape index (κ3) is 4.67. The third-order valence-corrected chi connectivity index (χ3v) is 2.87. The maximum Gasteiger partial charge on any atom is 0.332 e. The molecular formula is C16H16N6O2. The molecule has 8 heteroatoms. The monoisotopic (exact) mass is 324 g/mol. The van der Waals surface area contributed by atoms with Crippen LogP contribution in [-0.4, -0.2) is 23.5 Å². The van der Waals surface area contributed by atoms with Gasteiger partial charge in [-0.05, 0) is 0 Å². The molecule has 6 N–H and O–H groups in total. The molecule has 0 saturated heterocycles. The Morgan fingerprint density at radius 2 is 1.00 bits per heavy atom. The Kier molecular flexibility index (Phi) is 5.62. The quantitative estimate of drug-likeness (QED) is 0.484. The Bertz CT molecular complexity index is 704. The topological polar surface area (TPSA) is 135 Å². The summed E-state index contributed by atoms with van der Waals surface area (Å²) in [6, 6.07) is 16.4. The second-order valence-corrected chi connectivity index (χ2v) is 4.60. The summed E-state index contributed by atoms with van der Waals surface area (Å²) in [5.74, 6) is 0. The minimum Gasteiger partial charge on any atom is -0.350 e. The second-order valence-electron chi connectivity index (χ2n) is 4.60. The van der Waals surface area contributed by atoms with Gasteiger partial charge in [0, 0.05) is 11.1 Å². The van der Waals surface area contributed by atoms with Crippen molar-refractivity contribution in [2.75, 3.05) is 0 Å². The number of nitrogens with zero attached hydrogens (tertiary/aromatic N) is 2. The molecule has 0 spiro atoms. The Labute approximate surface area is 138 Å². The molecule has 0 aliphatic carbocycles. The normalized spacial score (nSPS) is 11.7. The van der Waals surface area contributed by atoms with Crippen LogP contribution in [0.4, 0.5) is 9.59 Å². The van der Waals surface area contributed by atoms with E-state index in [1.807, 2.05) is 12.1 Å². The average molecular weight is 324 g/mol. The van der Waals surface area contributed by atoms with E-state index in [2.05, 4.69) is 21.1 Å². The fourth-order valence-electron chi connectivity index (χ4n) is 1.92. The van der Waals surface area contributed by atoms with Crippen molar-refractivity contribution in [3.8, 4) is 0 Å². The van der Waals surface area contributed by atoms with Crippen LogP contribution in [-0.2, 0) is 0 Å². The van der Waals surface area contributed by atoms with Crippen molar-refractivity contribution >= 4 is 23.5 Å². The smallest absolute Gasteiger partial charge is 0.332 e. The van der Waals surface area contributed by atoms with Gasteiger partial charge in [0.1, 0.15) is 11.4 Å². The van der Waals surface area contributed by atoms with E-state index in [9.17, 15) is 9.59 Å². The number of nitrogens with two attached hydrogens (primary N) is 2. The number of primary amides is 2. The lowest BCUT2D eigenvalue weighted by Gasteiger charge is -2.11. The van der Waals surface area contributed by atoms with E-state index in [1.54, 1.807) is 48.5 Å². The van der Waals surface area contributed by atoms with E-state index in [4.69, 9.17) is 11.5 Å². The zero-order valence-electron chi connectivity index (χ0n) is 12.6. The van der Waals surface area contributed by atoms with Crippen LogP contribution in [0, 0.1) is 0 Å². The molecule has 0 atom stereocenters. The summed E-state index contributed by atoms with van der Waals surface area (Å²) in [6.45, 7) is 0. The molecule has 2 aromatic carbocycles. The first-order valence-corrected chi connectivity index (χ1v) is 6.95. The number of urea groups is 2. The standard InChI is InChI=1S/C16H16N6O2/c17-15(23)21-19-13(11-7-3-1-4-8-11)14(20-22-16(18)24)12-9-5-2-6-10-12/h1-10H,(H3,17,21,23)(H3,18,22,24)/b19-13+,20-14+. The molecule has 0 aliphatic heterocycles. The van der Waals surface area contributed by atoms with Crippen molar-refractivity contribution in [1.29, 1.82) is 0 Å². The molecule has 0 unspecified atom stereocenters. The van der Waals surface area contributed by atoms with Crippen molar-refractivity contribution in [3.63, 3.8) is 0 Å². The van der Waals surface area contributed by atoms with Crippen LogP contribution < -0.4 is 22.3 Å². The summed E-state index contributed by atoms with van der Waals surface area (Å²) in [6.07, 6.45) is 0. The molecule has 8 nitrogen and oxygen atoms in total. The number of rotatable bonds is 5. The van der Waals surface area contributed by atoms with Gasteiger partial charge in [-0.15, -0.1) is 0 Å². The maximum atomic E-state index is 11.0. The summed E-state index contributed by atoms with van der Waals surface area (Å²) in [5.41, 5.74) is 16.5. The van der Waals surface area contributed by atoms with Crippen LogP contribution in [0.5, 0.6) is 0 Å². The number of hydrogen-bond acceptors (Lipinski definition) is 4. The van der Waals surface area contributed by atoms with Crippen molar-refractivity contribution in [3.05, 3.63) is 71.8 Å². The second kappa shape index (κ2) is 8.08. The third-order valence-electron chi connectivity index (χ3n) is 2.87. The number of carbonyl (C=O) groups is 2. The highest BCUT2D eigenvalue weighted by Gasteiger charge is 2.15. The first-order valence-electron chi connectivity index (χ1n) is 6.95. The molecule has 0 radical (unpaired) electrons. The number of amides is 4. The van der Waals surface area contributed by atoms with Crippen LogP contribution in [0.2, 0.25) is 0 Å². The summed E-state index contributed by atoms with van der Waals surface area (Å²) in [4.78, 5) is 22.1. The number of benzene rings is 2. The maximum absolute atomic E-state index is 11.0. The molecule has 0 heterocycles. The van der Waals surface area contributed by atoms with Crippen LogP contribution in [0.25, 0.3) is 0 Å². The molecule has 0 bridgehead atoms. The van der Waals surface area contributed by atoms with Gasteiger partial charge in [0.05, 0.1) is 0 Å². The summed E-state index contributed by atoms with van der Waals surface area (Å²) in [7, 11) is 0. The van der Waals surface area contributed by atoms with Crippen LogP contribution >= 0.6 is 0 Å². The van der Waals surface area contributed by atoms with E-state index in [0.29, 0.717) is 22.6 Å². The zero-order chi connectivity index (χ0) is 17.4. The van der Waals surface area contributed by atoms with Gasteiger partial charge < -0.3 is 11.5 Å². The van der Waals surface area contributed by atoms with Crippen LogP contribution in [0.15, 0.2) is 70.9 Å². The van der Waals surface area contributed by atoms with E-state index in [0.717, 1.165) is 0 Å². The van der Waals surface area contributed by atoms with Crippen molar-refractivity contribution in [2.24, 2.45) is 21.7 Å². The highest BCUT2D eigenvalue weighted by Crippen LogP contribution is 2.10. The summed E-state index contributed by atoms with van der Waals surface area (Å²) >= 11 is 0. The molecule has 4 amide bonds. The zero-order valence-corrected chi connectivity index (χ0v) is 12.6. The molecule has 0 saturated carbocycles. The predicted molar refractivity (Wildman–Crippen MR) is 91.4 cm³/mol. The lowest BCUT2D eigenvalue weighted by molar-refractivity contribution is 0.248. The minimum absolute atomic E-state index is 0.314. The van der Waals surface area contributed by atoms with Gasteiger partial charge in [-0.1, -0.05) is 60.7 Å². The van der Waals surface area contributed by atoms with E-state index < -0.39 is 12.1 Å². The highest BCUT2D eigenvalue weighted by molar-refractivity contribution is 6.53. The molecule has 122 valence electrons. The molecule has 2 aromatic rings. The Balaban J connectivity index is 2.56. The Morgan fingerprint density at radius 1 is 0.667 bits per heavy atom. The fourth-order valence-corrected chi connectivity index (χ4v) is 1.92. The van der Waals surface area contributed by atoms with Gasteiger partial charge >= 0.3 is 12.1 Å². The Hall–Kier alpha value is -3.68. The van der Waals surface area contributed by atoms with Gasteiger partial charge in [0.15, 0.2) is 0 Å². The highest BCUT2D eigenvalue weighted by atomic mass is 16.2. The minimum atomic E-state index is -0.821. The van der Waals surface area contributed by atoms with E-state index in [1.165, 1.54) is 0 Å². The SMILES string of the molecule is NC(=O)N/N=C(/C(=N/NC(N)=O)c1ccccc1)c1ccccc1. The van der Waals surface area contributed by atoms with Gasteiger partial charge in [-0.3, -0.25) is 0 Å². The fraction of sp³-hybridized carbons (Fsp3) is 0. The first kappa shape index (κ1) is 16.7. The molecular weight excluding hydrogens is 308 g/mol. The lowest BCUT2D eigenvalue weighted by atomic mass is 10.00. The largest absolute Gasteiger partial charge is 0.350 e. The number of carbonyl (C=O) groups excluding carboxylic acids is 2. The van der Waals surface area contributed by atoms with E-state index >= 15 is 0 Å². The number of hydrazone groups is 2. The molecule has 2 rings (SSSR count). The summed E-state index contributed by atoms with van der Waals surface area (Å²) < 4.78 is 0. The van der Waals surface area contributed by atoms with Crippen molar-refractivity contribution in [1.82, 2.24) is 10.9 Å². The number of nitrogens with one attached hydrogen (secondary N) is 2. The molecule has 0 aliphatic rings. The average Bonchev–Trinajstić information content (AvgIpc) is 2.59. The van der Waals surface area contributed by atoms with Crippen molar-refractivity contribution in [2.45, 2.75) is 0 Å². The van der Waals surface area contributed by atoms with E-state index in [-0.39, 0.29) is 0 Å². The lowest BCUT2D eigenvalue weighted by Crippen LogP contribution is -2.31. The predicted octanol–water partition coefficient (Wildman–Crippen LogP) is 1.13. The first-order chi connectivity index (χ1) is 11.6.